The molecule has 0 unspecified atom stereocenters. The highest BCUT2D eigenvalue weighted by Crippen LogP contribution is 2.33. The molecule has 2 amide bonds. The van der Waals surface area contributed by atoms with Gasteiger partial charge in [0.25, 0.3) is 0 Å². The topological polar surface area (TPSA) is 76.7 Å². The monoisotopic (exact) mass is 350 g/mol. The second kappa shape index (κ2) is 7.11. The Morgan fingerprint density at radius 3 is 1.75 bits per heavy atom. The van der Waals surface area contributed by atoms with E-state index in [4.69, 9.17) is 9.47 Å². The van der Waals surface area contributed by atoms with Crippen molar-refractivity contribution in [2.24, 2.45) is 0 Å². The highest BCUT2D eigenvalue weighted by atomic mass is 19.3. The smallest absolute Gasteiger partial charge is 0.407 e. The summed E-state index contributed by atoms with van der Waals surface area (Å²) < 4.78 is 37.6. The first kappa shape index (κ1) is 20.4. The summed E-state index contributed by atoms with van der Waals surface area (Å²) >= 11 is 0. The van der Waals surface area contributed by atoms with Gasteiger partial charge in [-0.1, -0.05) is 0 Å². The summed E-state index contributed by atoms with van der Waals surface area (Å²) in [5.74, 6) is -2.90. The normalized spacial score (nSPS) is 24.0. The molecule has 0 aliphatic heterocycles. The highest BCUT2D eigenvalue weighted by molar-refractivity contribution is 5.70. The molecular weight excluding hydrogens is 322 g/mol. The first-order chi connectivity index (χ1) is 10.7. The maximum atomic E-state index is 13.7. The van der Waals surface area contributed by atoms with E-state index in [0.717, 1.165) is 0 Å². The van der Waals surface area contributed by atoms with E-state index in [2.05, 4.69) is 10.6 Å². The van der Waals surface area contributed by atoms with Crippen LogP contribution in [-0.2, 0) is 9.47 Å². The Morgan fingerprint density at radius 1 is 0.917 bits per heavy atom. The number of carbonyl (C=O) groups excluding carboxylic acids is 2. The summed E-state index contributed by atoms with van der Waals surface area (Å²) in [6.07, 6.45) is -2.38. The molecule has 1 aliphatic rings. The van der Waals surface area contributed by atoms with Gasteiger partial charge in [0.1, 0.15) is 11.2 Å². The molecule has 8 heteroatoms. The van der Waals surface area contributed by atoms with Gasteiger partial charge in [0.15, 0.2) is 0 Å². The van der Waals surface area contributed by atoms with Crippen LogP contribution in [0.2, 0.25) is 0 Å². The third-order valence-electron chi connectivity index (χ3n) is 3.23. The van der Waals surface area contributed by atoms with Gasteiger partial charge >= 0.3 is 12.2 Å². The quantitative estimate of drug-likeness (QED) is 0.798. The number of hydrogen-bond donors (Lipinski definition) is 2. The maximum absolute atomic E-state index is 13.7. The van der Waals surface area contributed by atoms with Crippen LogP contribution in [-0.4, -0.2) is 41.4 Å². The van der Waals surface area contributed by atoms with E-state index in [1.807, 2.05) is 0 Å². The SMILES string of the molecule is CC(C)(C)OC(=O)N[C@H]1CCC(F)(F)C[C@@H]1NC(=O)OC(C)(C)C. The Labute approximate surface area is 141 Å². The minimum atomic E-state index is -2.90. The van der Waals surface area contributed by atoms with E-state index >= 15 is 0 Å². The number of amides is 2. The summed E-state index contributed by atoms with van der Waals surface area (Å²) in [4.78, 5) is 23.8. The van der Waals surface area contributed by atoms with Crippen LogP contribution in [0.5, 0.6) is 0 Å². The summed E-state index contributed by atoms with van der Waals surface area (Å²) in [6.45, 7) is 10.2. The molecule has 1 saturated carbocycles. The van der Waals surface area contributed by atoms with Gasteiger partial charge in [-0.05, 0) is 48.0 Å². The lowest BCUT2D eigenvalue weighted by molar-refractivity contribution is -0.0536. The Bertz CT molecular complexity index is 470. The lowest BCUT2D eigenvalue weighted by Crippen LogP contribution is -2.57. The van der Waals surface area contributed by atoms with Crippen molar-refractivity contribution in [3.63, 3.8) is 0 Å². The van der Waals surface area contributed by atoms with Gasteiger partial charge in [-0.25, -0.2) is 18.4 Å². The summed E-state index contributed by atoms with van der Waals surface area (Å²) in [5.41, 5.74) is -1.44. The number of hydrogen-bond acceptors (Lipinski definition) is 4. The van der Waals surface area contributed by atoms with Crippen molar-refractivity contribution in [1.29, 1.82) is 0 Å². The predicted octanol–water partition coefficient (Wildman–Crippen LogP) is 3.59. The first-order valence-electron chi connectivity index (χ1n) is 8.04. The van der Waals surface area contributed by atoms with E-state index in [1.54, 1.807) is 41.5 Å². The lowest BCUT2D eigenvalue weighted by Gasteiger charge is -2.37. The fraction of sp³-hybridized carbons (Fsp3) is 0.875. The molecule has 1 fully saturated rings. The van der Waals surface area contributed by atoms with Crippen molar-refractivity contribution < 1.29 is 27.8 Å². The summed E-state index contributed by atoms with van der Waals surface area (Å²) in [5, 5.41) is 5.00. The minimum Gasteiger partial charge on any atom is -0.444 e. The van der Waals surface area contributed by atoms with Crippen LogP contribution >= 0.6 is 0 Å². The predicted molar refractivity (Wildman–Crippen MR) is 85.1 cm³/mol. The zero-order valence-corrected chi connectivity index (χ0v) is 15.2. The van der Waals surface area contributed by atoms with Crippen LogP contribution in [0.1, 0.15) is 60.8 Å². The van der Waals surface area contributed by atoms with Crippen molar-refractivity contribution in [2.45, 2.75) is 90.0 Å². The zero-order valence-electron chi connectivity index (χ0n) is 15.2. The van der Waals surface area contributed by atoms with E-state index in [9.17, 15) is 18.4 Å². The molecular formula is C16H28F2N2O4. The minimum absolute atomic E-state index is 0.0344. The molecule has 0 bridgehead atoms. The molecule has 2 N–H and O–H groups in total. The summed E-state index contributed by atoms with van der Waals surface area (Å²) in [7, 11) is 0. The van der Waals surface area contributed by atoms with Gasteiger partial charge in [0, 0.05) is 12.8 Å². The number of ether oxygens (including phenoxy) is 2. The van der Waals surface area contributed by atoms with Crippen molar-refractivity contribution >= 4 is 12.2 Å². The molecule has 0 saturated heterocycles. The van der Waals surface area contributed by atoms with E-state index in [1.165, 1.54) is 0 Å². The van der Waals surface area contributed by atoms with Crippen LogP contribution < -0.4 is 10.6 Å². The van der Waals surface area contributed by atoms with E-state index < -0.39 is 47.8 Å². The van der Waals surface area contributed by atoms with Gasteiger partial charge in [0.2, 0.25) is 5.92 Å². The Morgan fingerprint density at radius 2 is 1.33 bits per heavy atom. The average Bonchev–Trinajstić information content (AvgIpc) is 2.27. The van der Waals surface area contributed by atoms with Gasteiger partial charge in [-0.15, -0.1) is 0 Å². The van der Waals surface area contributed by atoms with Crippen LogP contribution in [0, 0.1) is 0 Å². The third-order valence-corrected chi connectivity index (χ3v) is 3.23. The number of alkyl halides is 2. The van der Waals surface area contributed by atoms with Crippen molar-refractivity contribution in [1.82, 2.24) is 10.6 Å². The lowest BCUT2D eigenvalue weighted by atomic mass is 9.87. The first-order valence-corrected chi connectivity index (χ1v) is 8.04. The third kappa shape index (κ3) is 7.79. The molecule has 2 atom stereocenters. The molecule has 0 radical (unpaired) electrons. The van der Waals surface area contributed by atoms with Crippen molar-refractivity contribution in [2.75, 3.05) is 0 Å². The molecule has 0 aromatic rings. The zero-order chi connectivity index (χ0) is 18.8. The number of nitrogens with one attached hydrogen (secondary N) is 2. The molecule has 1 aliphatic carbocycles. The van der Waals surface area contributed by atoms with Crippen LogP contribution in [0.3, 0.4) is 0 Å². The van der Waals surface area contributed by atoms with Gasteiger partial charge in [0.05, 0.1) is 12.1 Å². The fourth-order valence-electron chi connectivity index (χ4n) is 2.38. The Balaban J connectivity index is 2.73. The van der Waals surface area contributed by atoms with E-state index in [0.29, 0.717) is 0 Å². The molecule has 0 spiro atoms. The molecule has 0 heterocycles. The van der Waals surface area contributed by atoms with Crippen LogP contribution in [0.25, 0.3) is 0 Å². The largest absolute Gasteiger partial charge is 0.444 e. The van der Waals surface area contributed by atoms with Gasteiger partial charge in [-0.3, -0.25) is 0 Å². The maximum Gasteiger partial charge on any atom is 0.407 e. The molecule has 140 valence electrons. The van der Waals surface area contributed by atoms with Gasteiger partial charge in [-0.2, -0.15) is 0 Å². The second-order valence-electron chi connectivity index (χ2n) is 8.10. The van der Waals surface area contributed by atoms with Crippen LogP contribution in [0.4, 0.5) is 18.4 Å². The number of rotatable bonds is 2. The summed E-state index contributed by atoms with van der Waals surface area (Å²) in [6, 6.07) is -1.58. The molecule has 24 heavy (non-hydrogen) atoms. The highest BCUT2D eigenvalue weighted by Gasteiger charge is 2.43. The van der Waals surface area contributed by atoms with Crippen molar-refractivity contribution in [3.05, 3.63) is 0 Å². The molecule has 1 rings (SSSR count). The standard InChI is InChI=1S/C16H28F2N2O4/c1-14(2,3)23-12(21)19-10-7-8-16(17,18)9-11(10)20-13(22)24-15(4,5)6/h10-11H,7-9H2,1-6H3,(H,19,21)(H,20,22)/t10-,11-/m0/s1. The number of carbonyl (C=O) groups is 2. The number of alkyl carbamates (subject to hydrolysis) is 2. The molecule has 6 nitrogen and oxygen atoms in total. The Hall–Kier alpha value is -1.60. The second-order valence-corrected chi connectivity index (χ2v) is 8.10. The van der Waals surface area contributed by atoms with E-state index in [-0.39, 0.29) is 12.8 Å². The molecule has 0 aromatic heterocycles. The van der Waals surface area contributed by atoms with Crippen LogP contribution in [0.15, 0.2) is 0 Å². The number of halogens is 2. The van der Waals surface area contributed by atoms with Crippen molar-refractivity contribution in [3.8, 4) is 0 Å². The molecule has 0 aromatic carbocycles. The fourth-order valence-corrected chi connectivity index (χ4v) is 2.38. The van der Waals surface area contributed by atoms with Gasteiger partial charge < -0.3 is 20.1 Å². The average molecular weight is 350 g/mol. The Kier molecular flexibility index (Phi) is 6.05.